The molecular formula is C14H21NO3. The number of carbonyl (C=O) groups is 1. The number of rotatable bonds is 3. The van der Waals surface area contributed by atoms with E-state index >= 15 is 0 Å². The van der Waals surface area contributed by atoms with Crippen LogP contribution in [0.4, 0.5) is 5.69 Å². The van der Waals surface area contributed by atoms with Crippen molar-refractivity contribution in [3.63, 3.8) is 0 Å². The highest BCUT2D eigenvalue weighted by atomic mass is 16.5. The predicted molar refractivity (Wildman–Crippen MR) is 72.2 cm³/mol. The van der Waals surface area contributed by atoms with Gasteiger partial charge in [0, 0.05) is 7.05 Å². The molecule has 0 aromatic heterocycles. The molecule has 0 bridgehead atoms. The van der Waals surface area contributed by atoms with Crippen molar-refractivity contribution < 1.29 is 14.6 Å². The molecule has 100 valence electrons. The van der Waals surface area contributed by atoms with Gasteiger partial charge < -0.3 is 14.7 Å². The number of hydrogen-bond acceptors (Lipinski definition) is 3. The number of aryl methyl sites for hydroxylation is 2. The second-order valence-corrected chi connectivity index (χ2v) is 5.06. The number of likely N-dealkylation sites (N-methyl/N-ethyl adjacent to an activating group) is 1. The Kier molecular flexibility index (Phi) is 4.02. The highest BCUT2D eigenvalue weighted by Gasteiger charge is 2.30. The summed E-state index contributed by atoms with van der Waals surface area (Å²) < 4.78 is 5.32. The van der Waals surface area contributed by atoms with Gasteiger partial charge in [0.05, 0.1) is 12.8 Å². The van der Waals surface area contributed by atoms with Crippen LogP contribution in [-0.2, 0) is 4.79 Å². The van der Waals surface area contributed by atoms with Crippen LogP contribution in [0.25, 0.3) is 0 Å². The van der Waals surface area contributed by atoms with Crippen molar-refractivity contribution in [2.24, 2.45) is 0 Å². The molecule has 0 saturated carbocycles. The minimum atomic E-state index is -1.41. The fourth-order valence-corrected chi connectivity index (χ4v) is 2.02. The molecule has 0 heterocycles. The van der Waals surface area contributed by atoms with Gasteiger partial charge in [-0.1, -0.05) is 6.07 Å². The molecular weight excluding hydrogens is 230 g/mol. The average molecular weight is 251 g/mol. The van der Waals surface area contributed by atoms with E-state index in [1.54, 1.807) is 14.2 Å². The lowest BCUT2D eigenvalue weighted by Crippen LogP contribution is -2.43. The van der Waals surface area contributed by atoms with E-state index in [2.05, 4.69) is 0 Å². The van der Waals surface area contributed by atoms with E-state index in [0.29, 0.717) is 11.4 Å². The lowest BCUT2D eigenvalue weighted by molar-refractivity contribution is -0.133. The number of methoxy groups -OCH3 is 1. The van der Waals surface area contributed by atoms with E-state index in [-0.39, 0.29) is 5.91 Å². The van der Waals surface area contributed by atoms with Gasteiger partial charge >= 0.3 is 0 Å². The fourth-order valence-electron chi connectivity index (χ4n) is 2.02. The lowest BCUT2D eigenvalue weighted by atomic mass is 10.0. The smallest absolute Gasteiger partial charge is 0.258 e. The quantitative estimate of drug-likeness (QED) is 0.894. The van der Waals surface area contributed by atoms with E-state index in [1.165, 1.54) is 18.7 Å². The van der Waals surface area contributed by atoms with Crippen LogP contribution in [0.15, 0.2) is 12.1 Å². The fraction of sp³-hybridized carbons (Fsp3) is 0.500. The average Bonchev–Trinajstić information content (AvgIpc) is 2.24. The van der Waals surface area contributed by atoms with Crippen molar-refractivity contribution in [3.05, 3.63) is 23.3 Å². The van der Waals surface area contributed by atoms with Crippen LogP contribution in [0.1, 0.15) is 25.0 Å². The third-order valence-corrected chi connectivity index (χ3v) is 2.79. The Morgan fingerprint density at radius 2 is 1.89 bits per heavy atom. The van der Waals surface area contributed by atoms with Crippen molar-refractivity contribution in [2.75, 3.05) is 19.1 Å². The zero-order valence-electron chi connectivity index (χ0n) is 11.9. The van der Waals surface area contributed by atoms with Gasteiger partial charge in [-0.2, -0.15) is 0 Å². The molecule has 0 aliphatic carbocycles. The molecule has 0 radical (unpaired) electrons. The Balaban J connectivity index is 3.29. The first-order valence-electron chi connectivity index (χ1n) is 5.84. The number of benzene rings is 1. The Morgan fingerprint density at radius 3 is 2.33 bits per heavy atom. The summed E-state index contributed by atoms with van der Waals surface area (Å²) in [7, 11) is 3.21. The number of ether oxygens (including phenoxy) is 1. The molecule has 0 atom stereocenters. The van der Waals surface area contributed by atoms with E-state index in [4.69, 9.17) is 4.74 Å². The highest BCUT2D eigenvalue weighted by molar-refractivity contribution is 6.00. The topological polar surface area (TPSA) is 49.8 Å². The third kappa shape index (κ3) is 2.82. The van der Waals surface area contributed by atoms with Crippen molar-refractivity contribution >= 4 is 11.6 Å². The second-order valence-electron chi connectivity index (χ2n) is 5.06. The van der Waals surface area contributed by atoms with Crippen molar-refractivity contribution in [1.29, 1.82) is 0 Å². The number of nitrogens with zero attached hydrogens (tertiary/aromatic N) is 1. The number of hydrogen-bond donors (Lipinski definition) is 1. The van der Waals surface area contributed by atoms with E-state index in [9.17, 15) is 9.90 Å². The highest BCUT2D eigenvalue weighted by Crippen LogP contribution is 2.33. The summed E-state index contributed by atoms with van der Waals surface area (Å²) in [6.45, 7) is 6.83. The lowest BCUT2D eigenvalue weighted by Gasteiger charge is -2.27. The van der Waals surface area contributed by atoms with Gasteiger partial charge in [0.1, 0.15) is 11.4 Å². The van der Waals surface area contributed by atoms with Gasteiger partial charge in [-0.3, -0.25) is 4.79 Å². The molecule has 1 aromatic carbocycles. The van der Waals surface area contributed by atoms with Gasteiger partial charge in [0.15, 0.2) is 0 Å². The van der Waals surface area contributed by atoms with Crippen molar-refractivity contribution in [1.82, 2.24) is 0 Å². The van der Waals surface area contributed by atoms with Gasteiger partial charge in [0.25, 0.3) is 5.91 Å². The van der Waals surface area contributed by atoms with Crippen LogP contribution < -0.4 is 9.64 Å². The predicted octanol–water partition coefficient (Wildman–Crippen LogP) is 2.05. The van der Waals surface area contributed by atoms with Crippen LogP contribution >= 0.6 is 0 Å². The number of carbonyl (C=O) groups excluding carboxylic acids is 1. The molecule has 1 rings (SSSR count). The van der Waals surface area contributed by atoms with Crippen LogP contribution in [0.2, 0.25) is 0 Å². The SMILES string of the molecule is COc1cc(C)cc(C)c1N(C)C(=O)C(C)(C)O. The maximum Gasteiger partial charge on any atom is 0.258 e. The molecule has 0 aliphatic heterocycles. The molecule has 0 aliphatic rings. The third-order valence-electron chi connectivity index (χ3n) is 2.79. The van der Waals surface area contributed by atoms with Crippen LogP contribution in [0.3, 0.4) is 0 Å². The molecule has 1 aromatic rings. The number of amides is 1. The summed E-state index contributed by atoms with van der Waals surface area (Å²) in [5, 5.41) is 9.79. The van der Waals surface area contributed by atoms with Crippen molar-refractivity contribution in [2.45, 2.75) is 33.3 Å². The molecule has 4 heteroatoms. The Hall–Kier alpha value is -1.55. The largest absolute Gasteiger partial charge is 0.495 e. The van der Waals surface area contributed by atoms with Gasteiger partial charge in [0.2, 0.25) is 0 Å². The summed E-state index contributed by atoms with van der Waals surface area (Å²) >= 11 is 0. The standard InChI is InChI=1S/C14H21NO3/c1-9-7-10(2)12(11(8-9)18-6)15(5)13(16)14(3,4)17/h7-8,17H,1-6H3. The monoisotopic (exact) mass is 251 g/mol. The van der Waals surface area contributed by atoms with Crippen LogP contribution in [0.5, 0.6) is 5.75 Å². The van der Waals surface area contributed by atoms with E-state index < -0.39 is 5.60 Å². The first-order valence-corrected chi connectivity index (χ1v) is 5.84. The normalized spacial score (nSPS) is 11.3. The Labute approximate surface area is 108 Å². The minimum absolute atomic E-state index is 0.368. The molecule has 0 spiro atoms. The number of anilines is 1. The molecule has 0 fully saturated rings. The molecule has 18 heavy (non-hydrogen) atoms. The van der Waals surface area contributed by atoms with E-state index in [0.717, 1.165) is 11.1 Å². The first kappa shape index (κ1) is 14.5. The van der Waals surface area contributed by atoms with E-state index in [1.807, 2.05) is 26.0 Å². The molecule has 1 amide bonds. The number of aliphatic hydroxyl groups is 1. The molecule has 0 unspecified atom stereocenters. The molecule has 1 N–H and O–H groups in total. The zero-order valence-corrected chi connectivity index (χ0v) is 11.9. The van der Waals surface area contributed by atoms with Gasteiger partial charge in [-0.15, -0.1) is 0 Å². The Morgan fingerprint density at radius 1 is 1.33 bits per heavy atom. The second kappa shape index (κ2) is 4.98. The minimum Gasteiger partial charge on any atom is -0.495 e. The van der Waals surface area contributed by atoms with Gasteiger partial charge in [-0.25, -0.2) is 0 Å². The summed E-state index contributed by atoms with van der Waals surface area (Å²) in [6.07, 6.45) is 0. The summed E-state index contributed by atoms with van der Waals surface area (Å²) in [5.41, 5.74) is 1.29. The zero-order chi connectivity index (χ0) is 14.1. The Bertz CT molecular complexity index is 461. The molecule has 0 saturated heterocycles. The maximum absolute atomic E-state index is 12.1. The van der Waals surface area contributed by atoms with Gasteiger partial charge in [-0.05, 0) is 44.9 Å². The summed E-state index contributed by atoms with van der Waals surface area (Å²) in [5.74, 6) is 0.264. The summed E-state index contributed by atoms with van der Waals surface area (Å²) in [6, 6.07) is 3.85. The first-order chi connectivity index (χ1) is 8.18. The maximum atomic E-state index is 12.1. The molecule has 4 nitrogen and oxygen atoms in total. The van der Waals surface area contributed by atoms with Crippen LogP contribution in [-0.4, -0.2) is 30.8 Å². The van der Waals surface area contributed by atoms with Crippen molar-refractivity contribution in [3.8, 4) is 5.75 Å². The summed E-state index contributed by atoms with van der Waals surface area (Å²) in [4.78, 5) is 13.5. The van der Waals surface area contributed by atoms with Crippen LogP contribution in [0, 0.1) is 13.8 Å².